The first-order valence-electron chi connectivity index (χ1n) is 6.40. The van der Waals surface area contributed by atoms with Crippen LogP contribution in [0.25, 0.3) is 0 Å². The van der Waals surface area contributed by atoms with Crippen molar-refractivity contribution in [1.29, 1.82) is 0 Å². The Kier molecular flexibility index (Phi) is 3.93. The SMILES string of the molecule is CCCCCCc1nnc(CO)n1C1CC1. The summed E-state index contributed by atoms with van der Waals surface area (Å²) in [6, 6.07) is 0.568. The monoisotopic (exact) mass is 223 g/mol. The van der Waals surface area contributed by atoms with Crippen molar-refractivity contribution in [2.45, 2.75) is 64.5 Å². The second-order valence-electron chi connectivity index (χ2n) is 4.60. The van der Waals surface area contributed by atoms with E-state index in [-0.39, 0.29) is 6.61 Å². The maximum Gasteiger partial charge on any atom is 0.159 e. The Labute approximate surface area is 96.7 Å². The molecule has 0 aromatic carbocycles. The van der Waals surface area contributed by atoms with E-state index in [0.717, 1.165) is 18.1 Å². The van der Waals surface area contributed by atoms with Gasteiger partial charge in [-0.25, -0.2) is 0 Å². The average Bonchev–Trinajstić information content (AvgIpc) is 3.06. The van der Waals surface area contributed by atoms with Crippen molar-refractivity contribution < 1.29 is 5.11 Å². The molecule has 1 aliphatic rings. The summed E-state index contributed by atoms with van der Waals surface area (Å²) in [4.78, 5) is 0. The molecule has 0 radical (unpaired) electrons. The first kappa shape index (κ1) is 11.6. The molecule has 1 aromatic rings. The quantitative estimate of drug-likeness (QED) is 0.721. The van der Waals surface area contributed by atoms with Crippen LogP contribution in [0.3, 0.4) is 0 Å². The molecule has 0 bridgehead atoms. The third-order valence-corrected chi connectivity index (χ3v) is 3.14. The van der Waals surface area contributed by atoms with Crippen LogP contribution >= 0.6 is 0 Å². The molecule has 1 aromatic heterocycles. The number of nitrogens with zero attached hydrogens (tertiary/aromatic N) is 3. The van der Waals surface area contributed by atoms with E-state index in [4.69, 9.17) is 0 Å². The van der Waals surface area contributed by atoms with Crippen LogP contribution in [0.5, 0.6) is 0 Å². The van der Waals surface area contributed by atoms with Crippen molar-refractivity contribution in [3.05, 3.63) is 11.6 Å². The predicted molar refractivity (Wildman–Crippen MR) is 62.1 cm³/mol. The van der Waals surface area contributed by atoms with Crippen molar-refractivity contribution in [2.75, 3.05) is 0 Å². The van der Waals surface area contributed by atoms with Gasteiger partial charge in [-0.1, -0.05) is 26.2 Å². The molecule has 1 aliphatic carbocycles. The van der Waals surface area contributed by atoms with Crippen molar-refractivity contribution in [3.8, 4) is 0 Å². The van der Waals surface area contributed by atoms with Gasteiger partial charge in [0, 0.05) is 12.5 Å². The van der Waals surface area contributed by atoms with E-state index in [9.17, 15) is 5.11 Å². The number of hydrogen-bond acceptors (Lipinski definition) is 3. The molecule has 2 rings (SSSR count). The van der Waals surface area contributed by atoms with E-state index < -0.39 is 0 Å². The Morgan fingerprint density at radius 2 is 1.94 bits per heavy atom. The minimum Gasteiger partial charge on any atom is -0.388 e. The van der Waals surface area contributed by atoms with Crippen LogP contribution < -0.4 is 0 Å². The summed E-state index contributed by atoms with van der Waals surface area (Å²) in [7, 11) is 0. The predicted octanol–water partition coefficient (Wildman–Crippen LogP) is 2.23. The summed E-state index contributed by atoms with van der Waals surface area (Å²) in [6.45, 7) is 2.23. The van der Waals surface area contributed by atoms with Gasteiger partial charge in [0.2, 0.25) is 0 Å². The zero-order valence-corrected chi connectivity index (χ0v) is 10.0. The van der Waals surface area contributed by atoms with Crippen LogP contribution in [0.15, 0.2) is 0 Å². The summed E-state index contributed by atoms with van der Waals surface area (Å²) in [5.74, 6) is 1.82. The summed E-state index contributed by atoms with van der Waals surface area (Å²) in [6.07, 6.45) is 8.44. The first-order valence-corrected chi connectivity index (χ1v) is 6.40. The molecule has 4 heteroatoms. The Morgan fingerprint density at radius 1 is 1.19 bits per heavy atom. The molecule has 1 fully saturated rings. The van der Waals surface area contributed by atoms with Crippen LogP contribution in [-0.4, -0.2) is 19.9 Å². The molecule has 0 amide bonds. The fraction of sp³-hybridized carbons (Fsp3) is 0.833. The average molecular weight is 223 g/mol. The van der Waals surface area contributed by atoms with E-state index in [2.05, 4.69) is 21.7 Å². The lowest BCUT2D eigenvalue weighted by molar-refractivity contribution is 0.264. The van der Waals surface area contributed by atoms with E-state index in [1.807, 2.05) is 0 Å². The van der Waals surface area contributed by atoms with Gasteiger partial charge in [-0.05, 0) is 19.3 Å². The molecule has 0 aliphatic heterocycles. The Bertz CT molecular complexity index is 331. The van der Waals surface area contributed by atoms with Gasteiger partial charge in [-0.3, -0.25) is 0 Å². The highest BCUT2D eigenvalue weighted by atomic mass is 16.3. The maximum absolute atomic E-state index is 9.19. The summed E-state index contributed by atoms with van der Waals surface area (Å²) in [5.41, 5.74) is 0. The first-order chi connectivity index (χ1) is 7.86. The van der Waals surface area contributed by atoms with Gasteiger partial charge in [0.05, 0.1) is 0 Å². The molecule has 0 atom stereocenters. The number of hydrogen-bond donors (Lipinski definition) is 1. The van der Waals surface area contributed by atoms with Crippen molar-refractivity contribution in [2.24, 2.45) is 0 Å². The highest BCUT2D eigenvalue weighted by molar-refractivity contribution is 5.02. The maximum atomic E-state index is 9.19. The zero-order chi connectivity index (χ0) is 11.4. The topological polar surface area (TPSA) is 50.9 Å². The highest BCUT2D eigenvalue weighted by Gasteiger charge is 2.28. The van der Waals surface area contributed by atoms with E-state index in [1.54, 1.807) is 0 Å². The number of unbranched alkanes of at least 4 members (excludes halogenated alkanes) is 3. The summed E-state index contributed by atoms with van der Waals surface area (Å²) < 4.78 is 2.16. The Hall–Kier alpha value is -0.900. The van der Waals surface area contributed by atoms with Gasteiger partial charge < -0.3 is 9.67 Å². The van der Waals surface area contributed by atoms with Crippen LogP contribution in [0.4, 0.5) is 0 Å². The molecule has 0 unspecified atom stereocenters. The fourth-order valence-corrected chi connectivity index (χ4v) is 2.10. The van der Waals surface area contributed by atoms with Gasteiger partial charge in [-0.2, -0.15) is 0 Å². The van der Waals surface area contributed by atoms with Crippen molar-refractivity contribution >= 4 is 0 Å². The lowest BCUT2D eigenvalue weighted by Gasteiger charge is -2.07. The minimum absolute atomic E-state index is 0.0124. The summed E-state index contributed by atoms with van der Waals surface area (Å²) in [5, 5.41) is 17.5. The second kappa shape index (κ2) is 5.43. The fourth-order valence-electron chi connectivity index (χ4n) is 2.10. The number of aliphatic hydroxyl groups is 1. The Morgan fingerprint density at radius 3 is 2.56 bits per heavy atom. The lowest BCUT2D eigenvalue weighted by Crippen LogP contribution is -2.06. The minimum atomic E-state index is 0.0124. The third kappa shape index (κ3) is 2.61. The third-order valence-electron chi connectivity index (χ3n) is 3.14. The number of rotatable bonds is 7. The van der Waals surface area contributed by atoms with Crippen LogP contribution in [0.1, 0.15) is 63.1 Å². The standard InChI is InChI=1S/C12H21N3O/c1-2-3-4-5-6-11-13-14-12(9-16)15(11)10-7-8-10/h10,16H,2-9H2,1H3. The van der Waals surface area contributed by atoms with Gasteiger partial charge in [0.1, 0.15) is 12.4 Å². The van der Waals surface area contributed by atoms with Crippen molar-refractivity contribution in [3.63, 3.8) is 0 Å². The largest absolute Gasteiger partial charge is 0.388 e. The second-order valence-corrected chi connectivity index (χ2v) is 4.60. The van der Waals surface area contributed by atoms with Gasteiger partial charge in [-0.15, -0.1) is 10.2 Å². The van der Waals surface area contributed by atoms with Crippen LogP contribution in [0.2, 0.25) is 0 Å². The molecule has 0 saturated heterocycles. The molecular formula is C12H21N3O. The number of aromatic nitrogens is 3. The van der Waals surface area contributed by atoms with Crippen LogP contribution in [0, 0.1) is 0 Å². The number of aryl methyl sites for hydroxylation is 1. The van der Waals surface area contributed by atoms with Gasteiger partial charge in [0.25, 0.3) is 0 Å². The van der Waals surface area contributed by atoms with Gasteiger partial charge >= 0.3 is 0 Å². The smallest absolute Gasteiger partial charge is 0.159 e. The van der Waals surface area contributed by atoms with E-state index >= 15 is 0 Å². The molecule has 1 heterocycles. The van der Waals surface area contributed by atoms with Crippen LogP contribution in [-0.2, 0) is 13.0 Å². The summed E-state index contributed by atoms with van der Waals surface area (Å²) >= 11 is 0. The molecule has 1 saturated carbocycles. The molecule has 0 spiro atoms. The molecule has 4 nitrogen and oxygen atoms in total. The lowest BCUT2D eigenvalue weighted by atomic mass is 10.1. The molecule has 1 N–H and O–H groups in total. The normalized spacial score (nSPS) is 15.6. The van der Waals surface area contributed by atoms with Crippen molar-refractivity contribution in [1.82, 2.24) is 14.8 Å². The molecular weight excluding hydrogens is 202 g/mol. The highest BCUT2D eigenvalue weighted by Crippen LogP contribution is 2.36. The molecule has 90 valence electrons. The van der Waals surface area contributed by atoms with E-state index in [0.29, 0.717) is 6.04 Å². The Balaban J connectivity index is 1.94. The van der Waals surface area contributed by atoms with Gasteiger partial charge in [0.15, 0.2) is 5.82 Å². The molecule has 16 heavy (non-hydrogen) atoms. The van der Waals surface area contributed by atoms with E-state index in [1.165, 1.54) is 38.5 Å². The zero-order valence-electron chi connectivity index (χ0n) is 10.0. The number of aliphatic hydroxyl groups excluding tert-OH is 1.